The van der Waals surface area contributed by atoms with Crippen LogP contribution in [0.25, 0.3) is 11.5 Å². The molecule has 1 saturated heterocycles. The summed E-state index contributed by atoms with van der Waals surface area (Å²) in [6, 6.07) is 15.9. The fourth-order valence-electron chi connectivity index (χ4n) is 3.67. The van der Waals surface area contributed by atoms with Gasteiger partial charge in [-0.3, -0.25) is 9.69 Å². The lowest BCUT2D eigenvalue weighted by molar-refractivity contribution is 0.0374. The van der Waals surface area contributed by atoms with Gasteiger partial charge in [0.15, 0.2) is 0 Å². The quantitative estimate of drug-likeness (QED) is 0.365. The van der Waals surface area contributed by atoms with E-state index >= 15 is 0 Å². The standard InChI is InChI=1S/C26H31N3O3S/c1-19-4-10-23(11-5-19)33-18-24-20(2)32-26(28-24)22-8-6-21(7-9-22)25(30)27-12-3-13-29-14-16-31-17-15-29/h4-11H,3,12-18H2,1-2H3,(H,27,30). The van der Waals surface area contributed by atoms with Crippen molar-refractivity contribution >= 4 is 17.7 Å². The minimum atomic E-state index is -0.0534. The summed E-state index contributed by atoms with van der Waals surface area (Å²) in [6.45, 7) is 9.23. The first-order valence-corrected chi connectivity index (χ1v) is 12.4. The van der Waals surface area contributed by atoms with Crippen LogP contribution in [-0.4, -0.2) is 55.2 Å². The second-order valence-electron chi connectivity index (χ2n) is 8.26. The van der Waals surface area contributed by atoms with Gasteiger partial charge in [0, 0.05) is 41.4 Å². The van der Waals surface area contributed by atoms with Gasteiger partial charge >= 0.3 is 0 Å². The van der Waals surface area contributed by atoms with Gasteiger partial charge in [0.05, 0.1) is 18.9 Å². The van der Waals surface area contributed by atoms with Crippen LogP contribution in [0, 0.1) is 13.8 Å². The number of carbonyl (C=O) groups is 1. The lowest BCUT2D eigenvalue weighted by atomic mass is 10.1. The maximum absolute atomic E-state index is 12.5. The van der Waals surface area contributed by atoms with Crippen LogP contribution < -0.4 is 5.32 Å². The monoisotopic (exact) mass is 465 g/mol. The average Bonchev–Trinajstić information content (AvgIpc) is 3.22. The zero-order valence-corrected chi connectivity index (χ0v) is 20.1. The zero-order valence-electron chi connectivity index (χ0n) is 19.3. The van der Waals surface area contributed by atoms with Gasteiger partial charge in [-0.2, -0.15) is 0 Å². The number of thioether (sulfide) groups is 1. The number of hydrogen-bond acceptors (Lipinski definition) is 6. The topological polar surface area (TPSA) is 67.6 Å². The van der Waals surface area contributed by atoms with E-state index < -0.39 is 0 Å². The molecule has 0 bridgehead atoms. The smallest absolute Gasteiger partial charge is 0.251 e. The summed E-state index contributed by atoms with van der Waals surface area (Å²) < 4.78 is 11.3. The van der Waals surface area contributed by atoms with Crippen LogP contribution in [0.1, 0.15) is 33.8 Å². The van der Waals surface area contributed by atoms with E-state index in [0.29, 0.717) is 18.0 Å². The molecule has 1 fully saturated rings. The highest BCUT2D eigenvalue weighted by Gasteiger charge is 2.14. The molecule has 0 aliphatic carbocycles. The fourth-order valence-corrected chi connectivity index (χ4v) is 4.57. The molecule has 174 valence electrons. The second-order valence-corrected chi connectivity index (χ2v) is 9.31. The summed E-state index contributed by atoms with van der Waals surface area (Å²) in [7, 11) is 0. The van der Waals surface area contributed by atoms with Crippen LogP contribution >= 0.6 is 11.8 Å². The first kappa shape index (κ1) is 23.5. The summed E-state index contributed by atoms with van der Waals surface area (Å²) in [5.74, 6) is 2.11. The van der Waals surface area contributed by atoms with Crippen molar-refractivity contribution in [2.24, 2.45) is 0 Å². The SMILES string of the molecule is Cc1ccc(SCc2nc(-c3ccc(C(=O)NCCCN4CCOCC4)cc3)oc2C)cc1. The van der Waals surface area contributed by atoms with Gasteiger partial charge in [-0.25, -0.2) is 4.98 Å². The van der Waals surface area contributed by atoms with Crippen LogP contribution in [0.2, 0.25) is 0 Å². The van der Waals surface area contributed by atoms with Crippen LogP contribution in [0.5, 0.6) is 0 Å². The molecule has 2 aromatic carbocycles. The third kappa shape index (κ3) is 6.69. The van der Waals surface area contributed by atoms with Crippen molar-refractivity contribution in [1.82, 2.24) is 15.2 Å². The Kier molecular flexibility index (Phi) is 8.20. The zero-order chi connectivity index (χ0) is 23.0. The van der Waals surface area contributed by atoms with Crippen molar-refractivity contribution in [3.8, 4) is 11.5 Å². The Morgan fingerprint density at radius 2 is 1.79 bits per heavy atom. The lowest BCUT2D eigenvalue weighted by Gasteiger charge is -2.26. The number of benzene rings is 2. The molecule has 0 atom stereocenters. The normalized spacial score (nSPS) is 14.4. The Morgan fingerprint density at radius 1 is 1.06 bits per heavy atom. The van der Waals surface area contributed by atoms with Gasteiger partial charge in [-0.05, 0) is 63.2 Å². The number of rotatable bonds is 9. The Balaban J connectivity index is 1.27. The number of morpholine rings is 1. The molecular formula is C26H31N3O3S. The number of ether oxygens (including phenoxy) is 1. The maximum Gasteiger partial charge on any atom is 0.251 e. The number of hydrogen-bond donors (Lipinski definition) is 1. The molecule has 33 heavy (non-hydrogen) atoms. The highest BCUT2D eigenvalue weighted by atomic mass is 32.2. The van der Waals surface area contributed by atoms with E-state index in [1.807, 2.05) is 31.2 Å². The largest absolute Gasteiger partial charge is 0.441 e. The summed E-state index contributed by atoms with van der Waals surface area (Å²) in [4.78, 5) is 20.7. The molecule has 6 nitrogen and oxygen atoms in total. The maximum atomic E-state index is 12.5. The Hall–Kier alpha value is -2.61. The number of amides is 1. The van der Waals surface area contributed by atoms with Gasteiger partial charge in [-0.15, -0.1) is 11.8 Å². The van der Waals surface area contributed by atoms with Crippen LogP contribution in [0.15, 0.2) is 57.8 Å². The Morgan fingerprint density at radius 3 is 2.52 bits per heavy atom. The minimum Gasteiger partial charge on any atom is -0.441 e. The van der Waals surface area contributed by atoms with Crippen molar-refractivity contribution in [1.29, 1.82) is 0 Å². The molecule has 1 aromatic heterocycles. The molecule has 1 amide bonds. The molecule has 1 aliphatic rings. The number of nitrogens with one attached hydrogen (secondary N) is 1. The Bertz CT molecular complexity index is 1040. The van der Waals surface area contributed by atoms with Gasteiger partial charge in [0.25, 0.3) is 5.91 Å². The number of carbonyl (C=O) groups excluding carboxylic acids is 1. The van der Waals surface area contributed by atoms with Gasteiger partial charge < -0.3 is 14.5 Å². The summed E-state index contributed by atoms with van der Waals surface area (Å²) in [5.41, 5.74) is 3.71. The first-order valence-electron chi connectivity index (χ1n) is 11.4. The van der Waals surface area contributed by atoms with Crippen LogP contribution in [0.4, 0.5) is 0 Å². The third-order valence-electron chi connectivity index (χ3n) is 5.72. The predicted octanol–water partition coefficient (Wildman–Crippen LogP) is 4.70. The van der Waals surface area contributed by atoms with Gasteiger partial charge in [0.1, 0.15) is 5.76 Å². The molecular weight excluding hydrogens is 434 g/mol. The summed E-state index contributed by atoms with van der Waals surface area (Å²) in [6.07, 6.45) is 0.933. The van der Waals surface area contributed by atoms with E-state index in [9.17, 15) is 4.79 Å². The number of nitrogens with zero attached hydrogens (tertiary/aromatic N) is 2. The van der Waals surface area contributed by atoms with E-state index in [1.165, 1.54) is 10.5 Å². The molecule has 0 unspecified atom stereocenters. The molecule has 7 heteroatoms. The molecule has 3 aromatic rings. The van der Waals surface area contributed by atoms with E-state index in [-0.39, 0.29) is 5.91 Å². The molecule has 2 heterocycles. The van der Waals surface area contributed by atoms with E-state index in [4.69, 9.17) is 14.1 Å². The van der Waals surface area contributed by atoms with Crippen LogP contribution in [-0.2, 0) is 10.5 Å². The van der Waals surface area contributed by atoms with Crippen molar-refractivity contribution in [3.63, 3.8) is 0 Å². The molecule has 0 saturated carbocycles. The van der Waals surface area contributed by atoms with Gasteiger partial charge in [-0.1, -0.05) is 17.7 Å². The third-order valence-corrected chi connectivity index (χ3v) is 6.75. The number of aryl methyl sites for hydroxylation is 2. The molecule has 1 N–H and O–H groups in total. The summed E-state index contributed by atoms with van der Waals surface area (Å²) in [5, 5.41) is 3.01. The molecule has 1 aliphatic heterocycles. The summed E-state index contributed by atoms with van der Waals surface area (Å²) >= 11 is 1.74. The highest BCUT2D eigenvalue weighted by Crippen LogP contribution is 2.28. The molecule has 0 radical (unpaired) electrons. The highest BCUT2D eigenvalue weighted by molar-refractivity contribution is 7.98. The molecule has 4 rings (SSSR count). The second kappa shape index (κ2) is 11.5. The van der Waals surface area contributed by atoms with Crippen molar-refractivity contribution < 1.29 is 13.9 Å². The Labute approximate surface area is 199 Å². The van der Waals surface area contributed by atoms with Crippen molar-refractivity contribution in [2.75, 3.05) is 39.4 Å². The lowest BCUT2D eigenvalue weighted by Crippen LogP contribution is -2.38. The minimum absolute atomic E-state index is 0.0534. The van der Waals surface area contributed by atoms with Crippen molar-refractivity contribution in [2.45, 2.75) is 30.9 Å². The van der Waals surface area contributed by atoms with E-state index in [2.05, 4.69) is 41.4 Å². The van der Waals surface area contributed by atoms with Gasteiger partial charge in [0.2, 0.25) is 5.89 Å². The fraction of sp³-hybridized carbons (Fsp3) is 0.385. The average molecular weight is 466 g/mol. The number of aromatic nitrogens is 1. The predicted molar refractivity (Wildman–Crippen MR) is 132 cm³/mol. The molecule has 0 spiro atoms. The van der Waals surface area contributed by atoms with E-state index in [1.54, 1.807) is 11.8 Å². The van der Waals surface area contributed by atoms with E-state index in [0.717, 1.165) is 62.0 Å². The number of oxazole rings is 1. The first-order chi connectivity index (χ1) is 16.1. The van der Waals surface area contributed by atoms with Crippen LogP contribution in [0.3, 0.4) is 0 Å². The van der Waals surface area contributed by atoms with Crippen molar-refractivity contribution in [3.05, 3.63) is 71.1 Å².